The van der Waals surface area contributed by atoms with E-state index in [9.17, 15) is 0 Å². The Morgan fingerprint density at radius 3 is 0.647 bits per heavy atom. The quantitative estimate of drug-likeness (QED) is 0.699. The summed E-state index contributed by atoms with van der Waals surface area (Å²) in [5.74, 6) is 0. The van der Waals surface area contributed by atoms with Gasteiger partial charge in [-0.1, -0.05) is 41.5 Å². The molecule has 1 N–H and O–H groups in total. The third kappa shape index (κ3) is 82.8. The van der Waals surface area contributed by atoms with Crippen LogP contribution >= 0.6 is 0 Å². The van der Waals surface area contributed by atoms with E-state index in [2.05, 4.69) is 16.0 Å². The van der Waals surface area contributed by atoms with Crippen molar-refractivity contribution in [1.29, 1.82) is 3.76 Å². The minimum atomic E-state index is 0.969. The van der Waals surface area contributed by atoms with Gasteiger partial charge < -0.3 is 16.0 Å². The van der Waals surface area contributed by atoms with E-state index in [1.807, 2.05) is 41.5 Å². The van der Waals surface area contributed by atoms with E-state index in [1.54, 1.807) is 0 Å². The summed E-state index contributed by atoms with van der Waals surface area (Å²) < 4.78 is 5.80. The number of nitrogens with one attached hydrogen (secondary N) is 1. The molecule has 0 amide bonds. The van der Waals surface area contributed by atoms with Crippen LogP contribution in [0.1, 0.15) is 41.5 Å². The number of hydrogen-bond acceptors (Lipinski definition) is 1. The second-order valence-corrected chi connectivity index (χ2v) is 2.57. The van der Waals surface area contributed by atoms with Crippen molar-refractivity contribution in [3.63, 3.8) is 0 Å². The predicted octanol–water partition coefficient (Wildman–Crippen LogP) is 4.50. The van der Waals surface area contributed by atoms with Gasteiger partial charge in [0.25, 0.3) is 0 Å². The summed E-state index contributed by atoms with van der Waals surface area (Å²) in [6.07, 6.45) is 0. The summed E-state index contributed by atoms with van der Waals surface area (Å²) in [5, 5.41) is 11.9. The van der Waals surface area contributed by atoms with Crippen molar-refractivity contribution in [1.82, 2.24) is 0 Å². The van der Waals surface area contributed by atoms with Crippen LogP contribution in [0.4, 0.5) is 0 Å². The summed E-state index contributed by atoms with van der Waals surface area (Å²) in [6, 6.07) is 0. The molecule has 0 unspecified atom stereocenters. The van der Waals surface area contributed by atoms with Crippen LogP contribution in [-0.4, -0.2) is 39.3 Å². The van der Waals surface area contributed by atoms with Gasteiger partial charge >= 0.3 is 24.6 Å². The second kappa shape index (κ2) is 44.0. The Hall–Kier alpha value is 0.420. The van der Waals surface area contributed by atoms with E-state index in [4.69, 9.17) is 3.76 Å². The van der Waals surface area contributed by atoms with Crippen LogP contribution in [0, 0.1) is 3.76 Å². The second-order valence-electron chi connectivity index (χ2n) is 2.57. The summed E-state index contributed by atoms with van der Waals surface area (Å²) >= 11 is 1.00. The Morgan fingerprint density at radius 2 is 0.647 bits per heavy atom. The van der Waals surface area contributed by atoms with Crippen LogP contribution in [0.3, 0.4) is 0 Å². The van der Waals surface area contributed by atoms with Crippen LogP contribution < -0.4 is 0 Å². The summed E-state index contributed by atoms with van der Waals surface area (Å²) in [5.41, 5.74) is 0. The molecular formula is C12H31N4Nb-3. The van der Waals surface area contributed by atoms with Crippen molar-refractivity contribution in [2.75, 3.05) is 39.3 Å². The number of nitrogens with zero attached hydrogens (tertiary/aromatic N) is 3. The number of rotatable bonds is 6. The standard InChI is InChI=1S/3C4H10N.HN.Nb/c3*1-3-5-4-2;;/h3*3-4H2,1-2H3;1H;/q3*-1;;. The molecule has 0 heterocycles. The van der Waals surface area contributed by atoms with Crippen LogP contribution in [0.15, 0.2) is 0 Å². The zero-order chi connectivity index (χ0) is 14.4. The summed E-state index contributed by atoms with van der Waals surface area (Å²) in [6.45, 7) is 18.1. The van der Waals surface area contributed by atoms with Gasteiger partial charge in [-0.3, -0.25) is 0 Å². The van der Waals surface area contributed by atoms with E-state index < -0.39 is 0 Å². The molecule has 0 atom stereocenters. The van der Waals surface area contributed by atoms with Crippen LogP contribution in [0.2, 0.25) is 0 Å². The molecule has 17 heavy (non-hydrogen) atoms. The summed E-state index contributed by atoms with van der Waals surface area (Å²) in [4.78, 5) is 0. The van der Waals surface area contributed by atoms with Crippen molar-refractivity contribution < 1.29 is 20.9 Å². The van der Waals surface area contributed by atoms with Gasteiger partial charge in [0.1, 0.15) is 0 Å². The van der Waals surface area contributed by atoms with Gasteiger partial charge in [0, 0.05) is 0 Å². The average molecular weight is 324 g/mol. The topological polar surface area (TPSA) is 66.2 Å². The van der Waals surface area contributed by atoms with Gasteiger partial charge in [0.2, 0.25) is 0 Å². The van der Waals surface area contributed by atoms with Gasteiger partial charge in [-0.2, -0.15) is 39.3 Å². The predicted molar refractivity (Wildman–Crippen MR) is 76.0 cm³/mol. The van der Waals surface area contributed by atoms with Crippen molar-refractivity contribution in [2.45, 2.75) is 41.5 Å². The molecule has 0 aliphatic carbocycles. The molecule has 107 valence electrons. The monoisotopic (exact) mass is 324 g/mol. The Kier molecular flexibility index (Phi) is 67.5. The first kappa shape index (κ1) is 26.1. The van der Waals surface area contributed by atoms with Gasteiger partial charge in [-0.25, -0.2) is 0 Å². The molecule has 0 saturated heterocycles. The van der Waals surface area contributed by atoms with Gasteiger partial charge in [-0.15, -0.1) is 0 Å². The molecule has 0 aromatic heterocycles. The van der Waals surface area contributed by atoms with Gasteiger partial charge in [0.05, 0.1) is 0 Å². The van der Waals surface area contributed by atoms with Crippen molar-refractivity contribution in [2.24, 2.45) is 0 Å². The molecule has 0 spiro atoms. The van der Waals surface area contributed by atoms with Crippen LogP contribution in [0.5, 0.6) is 0 Å². The van der Waals surface area contributed by atoms with Gasteiger partial charge in [0.15, 0.2) is 0 Å². The molecule has 0 rings (SSSR count). The molecule has 4 nitrogen and oxygen atoms in total. The molecule has 0 bridgehead atoms. The van der Waals surface area contributed by atoms with Gasteiger partial charge in [-0.05, 0) is 0 Å². The molecule has 0 fully saturated rings. The van der Waals surface area contributed by atoms with Crippen molar-refractivity contribution >= 4 is 0 Å². The van der Waals surface area contributed by atoms with E-state index in [1.165, 1.54) is 0 Å². The fourth-order valence-corrected chi connectivity index (χ4v) is 0.671. The van der Waals surface area contributed by atoms with E-state index in [-0.39, 0.29) is 0 Å². The zero-order valence-electron chi connectivity index (χ0n) is 12.5. The maximum absolute atomic E-state index is 5.80. The van der Waals surface area contributed by atoms with Crippen LogP contribution in [0.25, 0.3) is 16.0 Å². The molecule has 5 heteroatoms. The van der Waals surface area contributed by atoms with E-state index >= 15 is 0 Å². The van der Waals surface area contributed by atoms with E-state index in [0.717, 1.165) is 60.2 Å². The maximum atomic E-state index is 5.80. The fourth-order valence-electron chi connectivity index (χ4n) is 0.671. The Morgan fingerprint density at radius 1 is 0.529 bits per heavy atom. The molecule has 0 aromatic carbocycles. The third-order valence-electron chi connectivity index (χ3n) is 1.34. The first-order valence-electron chi connectivity index (χ1n) is 6.36. The molecule has 0 aliphatic heterocycles. The van der Waals surface area contributed by atoms with E-state index in [0.29, 0.717) is 0 Å². The molecule has 0 radical (unpaired) electrons. The summed E-state index contributed by atoms with van der Waals surface area (Å²) in [7, 11) is 0. The molecule has 0 aromatic rings. The van der Waals surface area contributed by atoms with Crippen molar-refractivity contribution in [3.05, 3.63) is 16.0 Å². The molecular weight excluding hydrogens is 293 g/mol. The Balaban J connectivity index is -0.0000000693. The molecule has 0 aliphatic rings. The Labute approximate surface area is 121 Å². The first-order valence-corrected chi connectivity index (χ1v) is 7.46. The average Bonchev–Trinajstić information content (AvgIpc) is 2.36. The minimum absolute atomic E-state index is 0.969. The number of hydrogen-bond donors (Lipinski definition) is 1. The third-order valence-corrected chi connectivity index (χ3v) is 1.34. The van der Waals surface area contributed by atoms with Crippen molar-refractivity contribution in [3.8, 4) is 0 Å². The Bertz CT molecular complexity index is 64.6. The molecule has 0 saturated carbocycles. The SMILES string of the molecule is CC[N-]CC.CC[N-]CC.CC[N-]CC.[NH]=[Nb]. The zero-order valence-corrected chi connectivity index (χ0v) is 14.7. The van der Waals surface area contributed by atoms with Crippen LogP contribution in [-0.2, 0) is 20.9 Å². The fraction of sp³-hybridized carbons (Fsp3) is 1.00. The normalized spacial score (nSPS) is 7.59. The first-order chi connectivity index (χ1) is 8.24.